The largest absolute Gasteiger partial charge is 0.479 e. The van der Waals surface area contributed by atoms with Crippen LogP contribution in [0.15, 0.2) is 29.7 Å². The average Bonchev–Trinajstić information content (AvgIpc) is 3.32. The highest BCUT2D eigenvalue weighted by Crippen LogP contribution is 2.45. The van der Waals surface area contributed by atoms with Crippen molar-refractivity contribution >= 4 is 40.6 Å². The van der Waals surface area contributed by atoms with Crippen LogP contribution in [-0.4, -0.2) is 85.6 Å². The summed E-state index contributed by atoms with van der Waals surface area (Å²) >= 11 is 2.32. The Morgan fingerprint density at radius 2 is 1.94 bits per heavy atom. The number of alkyl halides is 3. The van der Waals surface area contributed by atoms with Gasteiger partial charge in [-0.2, -0.15) is 18.2 Å². The predicted octanol–water partition coefficient (Wildman–Crippen LogP) is 5.93. The molecular formula is C32H35F3N6O5S2. The van der Waals surface area contributed by atoms with Crippen molar-refractivity contribution in [2.24, 2.45) is 5.92 Å². The Labute approximate surface area is 282 Å². The number of ether oxygens (including phenoxy) is 1. The zero-order valence-electron chi connectivity index (χ0n) is 26.5. The van der Waals surface area contributed by atoms with E-state index in [0.29, 0.717) is 18.7 Å². The van der Waals surface area contributed by atoms with Crippen molar-refractivity contribution in [3.63, 3.8) is 0 Å². The molecule has 1 saturated heterocycles. The number of aryl methyl sites for hydroxylation is 2. The second-order valence-corrected chi connectivity index (χ2v) is 14.8. The van der Waals surface area contributed by atoms with Crippen LogP contribution in [0.4, 0.5) is 18.0 Å². The van der Waals surface area contributed by atoms with Gasteiger partial charge < -0.3 is 25.0 Å². The molecule has 1 aliphatic carbocycles. The monoisotopic (exact) mass is 704 g/mol. The molecule has 11 nitrogen and oxygen atoms in total. The van der Waals surface area contributed by atoms with Crippen molar-refractivity contribution in [3.05, 3.63) is 45.1 Å². The number of fused-ring (bicyclic) bond motifs is 2. The lowest BCUT2D eigenvalue weighted by molar-refractivity contribution is -0.144. The molecule has 0 unspecified atom stereocenters. The molecule has 3 aromatic rings. The van der Waals surface area contributed by atoms with Gasteiger partial charge in [0.25, 0.3) is 0 Å². The Balaban J connectivity index is 1.31. The molecule has 2 N–H and O–H groups in total. The van der Waals surface area contributed by atoms with Crippen molar-refractivity contribution in [1.29, 1.82) is 0 Å². The summed E-state index contributed by atoms with van der Waals surface area (Å²) in [6.07, 6.45) is 1.49. The molecule has 6 rings (SSSR count). The first-order valence-electron chi connectivity index (χ1n) is 15.6. The maximum absolute atomic E-state index is 13.8. The van der Waals surface area contributed by atoms with E-state index < -0.39 is 41.4 Å². The lowest BCUT2D eigenvalue weighted by Crippen LogP contribution is -2.60. The van der Waals surface area contributed by atoms with Gasteiger partial charge in [-0.05, 0) is 45.6 Å². The Morgan fingerprint density at radius 3 is 2.62 bits per heavy atom. The molecule has 3 amide bonds. The van der Waals surface area contributed by atoms with Gasteiger partial charge in [0.05, 0.1) is 5.69 Å². The zero-order chi connectivity index (χ0) is 34.4. The summed E-state index contributed by atoms with van der Waals surface area (Å²) in [6, 6.07) is 2.17. The molecule has 0 bridgehead atoms. The highest BCUT2D eigenvalue weighted by molar-refractivity contribution is 7.13. The quantitative estimate of drug-likeness (QED) is 0.312. The number of carboxylic acids is 1. The first-order valence-corrected chi connectivity index (χ1v) is 17.3. The van der Waals surface area contributed by atoms with Gasteiger partial charge >= 0.3 is 18.2 Å². The molecule has 1 saturated carbocycles. The highest BCUT2D eigenvalue weighted by atomic mass is 32.1. The fourth-order valence-corrected chi connectivity index (χ4v) is 7.94. The van der Waals surface area contributed by atoms with E-state index in [1.165, 1.54) is 4.90 Å². The number of carbonyl (C=O) groups excluding carboxylic acids is 2. The normalized spacial score (nSPS) is 25.8. The third kappa shape index (κ3) is 6.90. The molecule has 48 heavy (non-hydrogen) atoms. The number of carbonyl (C=O) groups is 3. The minimum atomic E-state index is -4.63. The van der Waals surface area contributed by atoms with Crippen molar-refractivity contribution < 1.29 is 37.4 Å². The molecule has 0 spiro atoms. The Hall–Kier alpha value is -4.05. The maximum atomic E-state index is 13.8. The number of aromatic nitrogens is 3. The number of nitrogens with zero attached hydrogens (tertiary/aromatic N) is 5. The van der Waals surface area contributed by atoms with Crippen LogP contribution in [0, 0.1) is 19.8 Å². The highest BCUT2D eigenvalue weighted by Gasteiger charge is 2.61. The van der Waals surface area contributed by atoms with E-state index in [4.69, 9.17) is 4.74 Å². The number of aliphatic carboxylic acids is 1. The standard InChI is InChI=1S/C32H35F3N6O5S2/c1-17-12-21(18(2)48-17)22-14-25(38-26(36-22)28-37-24(16-47-28)32(33,34)35)46-20-9-11-41-23(13-20)27(42)39-31(29(43)44)15-19(31)8-6-4-5-7-10-40(3)30(41)45/h6,8,12,14,16,19-20,23H,4-5,7,9-11,13,15H2,1-3H3,(H,39,42)(H,43,44)/b8-6-/t19-,20-,23-,31+/m0/s1. The van der Waals surface area contributed by atoms with Gasteiger partial charge in [-0.1, -0.05) is 12.2 Å². The summed E-state index contributed by atoms with van der Waals surface area (Å²) in [6.45, 7) is 4.51. The number of hydrogen-bond acceptors (Lipinski definition) is 9. The van der Waals surface area contributed by atoms with Crippen molar-refractivity contribution in [2.45, 2.75) is 76.2 Å². The second kappa shape index (κ2) is 13.1. The second-order valence-electron chi connectivity index (χ2n) is 12.5. The van der Waals surface area contributed by atoms with Crippen LogP contribution in [0.5, 0.6) is 5.88 Å². The Morgan fingerprint density at radius 1 is 1.15 bits per heavy atom. The van der Waals surface area contributed by atoms with Crippen LogP contribution in [0.25, 0.3) is 22.1 Å². The maximum Gasteiger partial charge on any atom is 0.434 e. The van der Waals surface area contributed by atoms with Gasteiger partial charge in [0.2, 0.25) is 11.8 Å². The van der Waals surface area contributed by atoms with Gasteiger partial charge in [-0.25, -0.2) is 19.6 Å². The van der Waals surface area contributed by atoms with Crippen LogP contribution >= 0.6 is 22.7 Å². The van der Waals surface area contributed by atoms with Crippen molar-refractivity contribution in [3.8, 4) is 28.0 Å². The molecule has 0 aromatic carbocycles. The molecule has 3 aliphatic rings. The fourth-order valence-electron chi connectivity index (χ4n) is 6.25. The number of allylic oxidation sites excluding steroid dienone is 1. The number of amides is 3. The van der Waals surface area contributed by atoms with Gasteiger partial charge in [0, 0.05) is 65.7 Å². The van der Waals surface area contributed by atoms with E-state index in [1.54, 1.807) is 29.4 Å². The van der Waals surface area contributed by atoms with E-state index in [0.717, 1.165) is 51.3 Å². The summed E-state index contributed by atoms with van der Waals surface area (Å²) < 4.78 is 46.5. The van der Waals surface area contributed by atoms with Crippen LogP contribution in [0.3, 0.4) is 0 Å². The van der Waals surface area contributed by atoms with Crippen molar-refractivity contribution in [2.75, 3.05) is 20.1 Å². The smallest absolute Gasteiger partial charge is 0.434 e. The lowest BCUT2D eigenvalue weighted by atomic mass is 9.98. The Kier molecular flexibility index (Phi) is 9.24. The minimum Gasteiger partial charge on any atom is -0.479 e. The summed E-state index contributed by atoms with van der Waals surface area (Å²) in [5.74, 6) is -2.02. The van der Waals surface area contributed by atoms with E-state index in [9.17, 15) is 32.7 Å². The molecule has 2 aliphatic heterocycles. The van der Waals surface area contributed by atoms with E-state index in [-0.39, 0.29) is 48.0 Å². The number of piperidine rings is 1. The molecule has 16 heteroatoms. The topological polar surface area (TPSA) is 138 Å². The number of carboxylic acid groups (broad SMARTS) is 1. The average molecular weight is 705 g/mol. The number of hydrogen-bond donors (Lipinski definition) is 2. The zero-order valence-corrected chi connectivity index (χ0v) is 28.2. The van der Waals surface area contributed by atoms with Crippen LogP contribution in [0.2, 0.25) is 0 Å². The lowest BCUT2D eigenvalue weighted by Gasteiger charge is -2.40. The summed E-state index contributed by atoms with van der Waals surface area (Å²) in [5.41, 5.74) is -1.26. The number of urea groups is 1. The number of thiazole rings is 1. The van der Waals surface area contributed by atoms with E-state index >= 15 is 0 Å². The SMILES string of the molecule is Cc1cc(-c2cc(O[C@H]3CCN4C(=O)N(C)CCCC/C=C\[C@H]5C[C@@]5(C(=O)O)NC(=O)[C@@H]4C3)nc(-c3nc(C(F)(F)F)cs3)n2)c(C)s1. The van der Waals surface area contributed by atoms with E-state index in [2.05, 4.69) is 20.3 Å². The third-order valence-corrected chi connectivity index (χ3v) is 10.8. The number of halogens is 3. The van der Waals surface area contributed by atoms with Crippen LogP contribution in [0.1, 0.15) is 54.0 Å². The molecule has 256 valence electrons. The van der Waals surface area contributed by atoms with Gasteiger partial charge in [0.15, 0.2) is 16.5 Å². The fraction of sp³-hybridized carbons (Fsp3) is 0.500. The first-order chi connectivity index (χ1) is 22.7. The molecule has 4 atom stereocenters. The third-order valence-electron chi connectivity index (χ3n) is 8.95. The number of thiophene rings is 1. The number of nitrogens with one attached hydrogen (secondary N) is 1. The molecule has 5 heterocycles. The van der Waals surface area contributed by atoms with E-state index in [1.807, 2.05) is 32.1 Å². The molecular weight excluding hydrogens is 670 g/mol. The van der Waals surface area contributed by atoms with Crippen LogP contribution in [-0.2, 0) is 15.8 Å². The molecule has 0 radical (unpaired) electrons. The van der Waals surface area contributed by atoms with Gasteiger partial charge in [0.1, 0.15) is 17.7 Å². The van der Waals surface area contributed by atoms with Crippen LogP contribution < -0.4 is 10.1 Å². The first kappa shape index (κ1) is 33.8. The molecule has 2 fully saturated rings. The summed E-state index contributed by atoms with van der Waals surface area (Å²) in [4.78, 5) is 57.5. The van der Waals surface area contributed by atoms with Gasteiger partial charge in [-0.3, -0.25) is 4.79 Å². The summed E-state index contributed by atoms with van der Waals surface area (Å²) in [7, 11) is 1.68. The number of rotatable bonds is 5. The molecule has 3 aromatic heterocycles. The summed E-state index contributed by atoms with van der Waals surface area (Å²) in [5, 5.41) is 13.7. The Bertz CT molecular complexity index is 1760. The van der Waals surface area contributed by atoms with Crippen molar-refractivity contribution in [1.82, 2.24) is 30.1 Å². The van der Waals surface area contributed by atoms with Gasteiger partial charge in [-0.15, -0.1) is 22.7 Å². The minimum absolute atomic E-state index is 0.0282. The predicted molar refractivity (Wildman–Crippen MR) is 173 cm³/mol.